The van der Waals surface area contributed by atoms with Crippen LogP contribution >= 0.6 is 0 Å². The Kier molecular flexibility index (Phi) is 4.61. The molecule has 1 aliphatic rings. The number of hydrogen-bond donors (Lipinski definition) is 2. The molecular formula is C15H20N6O3. The normalized spacial score (nSPS) is 20.1. The van der Waals surface area contributed by atoms with Crippen LogP contribution < -0.4 is 16.2 Å². The number of urea groups is 1. The Balaban J connectivity index is 1.59. The summed E-state index contributed by atoms with van der Waals surface area (Å²) in [6.07, 6.45) is 5.47. The van der Waals surface area contributed by atoms with Gasteiger partial charge in [-0.05, 0) is 12.5 Å². The molecule has 1 fully saturated rings. The highest BCUT2D eigenvalue weighted by Crippen LogP contribution is 2.33. The van der Waals surface area contributed by atoms with E-state index in [2.05, 4.69) is 20.7 Å². The van der Waals surface area contributed by atoms with Crippen molar-refractivity contribution in [2.24, 2.45) is 20.0 Å². The first kappa shape index (κ1) is 16.2. The first-order valence-corrected chi connectivity index (χ1v) is 7.72. The van der Waals surface area contributed by atoms with Crippen LogP contribution in [0.4, 0.5) is 10.6 Å². The van der Waals surface area contributed by atoms with Crippen molar-refractivity contribution in [3.8, 4) is 0 Å². The SMILES string of the molecule is Cn1nccc1[C@@H]1OCC[C@H]1CNC(=O)Nc1nccn(C)c1=O. The third-order valence-electron chi connectivity index (χ3n) is 4.14. The molecular weight excluding hydrogens is 312 g/mol. The van der Waals surface area contributed by atoms with Crippen LogP contribution in [0.3, 0.4) is 0 Å². The number of amides is 2. The van der Waals surface area contributed by atoms with Crippen molar-refractivity contribution < 1.29 is 9.53 Å². The second-order valence-electron chi connectivity index (χ2n) is 5.75. The van der Waals surface area contributed by atoms with Crippen molar-refractivity contribution in [3.63, 3.8) is 0 Å². The van der Waals surface area contributed by atoms with Crippen molar-refractivity contribution in [1.82, 2.24) is 24.6 Å². The van der Waals surface area contributed by atoms with E-state index in [9.17, 15) is 9.59 Å². The van der Waals surface area contributed by atoms with Crippen LogP contribution in [-0.2, 0) is 18.8 Å². The van der Waals surface area contributed by atoms with Crippen LogP contribution in [0.5, 0.6) is 0 Å². The molecule has 0 radical (unpaired) electrons. The summed E-state index contributed by atoms with van der Waals surface area (Å²) in [6, 6.07) is 1.46. The number of aromatic nitrogens is 4. The molecule has 2 amide bonds. The van der Waals surface area contributed by atoms with Gasteiger partial charge < -0.3 is 14.6 Å². The van der Waals surface area contributed by atoms with Crippen molar-refractivity contribution >= 4 is 11.8 Å². The molecule has 9 heteroatoms. The summed E-state index contributed by atoms with van der Waals surface area (Å²) in [7, 11) is 3.46. The number of carbonyl (C=O) groups excluding carboxylic acids is 1. The quantitative estimate of drug-likeness (QED) is 0.844. The van der Waals surface area contributed by atoms with Crippen LogP contribution in [0.1, 0.15) is 18.2 Å². The molecule has 1 saturated heterocycles. The van der Waals surface area contributed by atoms with Crippen molar-refractivity contribution in [2.75, 3.05) is 18.5 Å². The lowest BCUT2D eigenvalue weighted by atomic mass is 9.99. The number of aryl methyl sites for hydroxylation is 2. The molecule has 0 unspecified atom stereocenters. The van der Waals surface area contributed by atoms with E-state index >= 15 is 0 Å². The third kappa shape index (κ3) is 3.30. The number of ether oxygens (including phenoxy) is 1. The summed E-state index contributed by atoms with van der Waals surface area (Å²) in [5.41, 5.74) is 0.628. The lowest BCUT2D eigenvalue weighted by molar-refractivity contribution is 0.0845. The second kappa shape index (κ2) is 6.83. The van der Waals surface area contributed by atoms with E-state index in [-0.39, 0.29) is 23.4 Å². The van der Waals surface area contributed by atoms with Crippen LogP contribution in [-0.4, -0.2) is 38.5 Å². The monoisotopic (exact) mass is 332 g/mol. The predicted molar refractivity (Wildman–Crippen MR) is 86.5 cm³/mol. The van der Waals surface area contributed by atoms with E-state index in [4.69, 9.17) is 4.74 Å². The lowest BCUT2D eigenvalue weighted by Gasteiger charge is -2.19. The molecule has 2 atom stereocenters. The zero-order valence-corrected chi connectivity index (χ0v) is 13.6. The number of nitrogens with zero attached hydrogens (tertiary/aromatic N) is 4. The number of nitrogens with one attached hydrogen (secondary N) is 2. The Hall–Kier alpha value is -2.68. The lowest BCUT2D eigenvalue weighted by Crippen LogP contribution is -2.36. The fourth-order valence-electron chi connectivity index (χ4n) is 2.79. The largest absolute Gasteiger partial charge is 0.372 e. The third-order valence-corrected chi connectivity index (χ3v) is 4.14. The topological polar surface area (TPSA) is 103 Å². The molecule has 2 aromatic heterocycles. The minimum absolute atomic E-state index is 0.00311. The molecule has 2 N–H and O–H groups in total. The number of hydrogen-bond acceptors (Lipinski definition) is 5. The molecule has 1 aliphatic heterocycles. The Labute approximate surface area is 138 Å². The van der Waals surface area contributed by atoms with Gasteiger partial charge in [-0.3, -0.25) is 14.8 Å². The van der Waals surface area contributed by atoms with Crippen molar-refractivity contribution in [2.45, 2.75) is 12.5 Å². The average molecular weight is 332 g/mol. The maximum atomic E-state index is 12.0. The van der Waals surface area contributed by atoms with Crippen molar-refractivity contribution in [1.29, 1.82) is 0 Å². The number of rotatable bonds is 4. The van der Waals surface area contributed by atoms with E-state index in [1.54, 1.807) is 17.9 Å². The van der Waals surface area contributed by atoms with Crippen LogP contribution in [0, 0.1) is 5.92 Å². The summed E-state index contributed by atoms with van der Waals surface area (Å²) < 4.78 is 8.91. The van der Waals surface area contributed by atoms with E-state index in [0.29, 0.717) is 13.2 Å². The minimum atomic E-state index is -0.457. The van der Waals surface area contributed by atoms with Gasteiger partial charge in [0.15, 0.2) is 0 Å². The van der Waals surface area contributed by atoms with Crippen LogP contribution in [0.2, 0.25) is 0 Å². The smallest absolute Gasteiger partial charge is 0.320 e. The zero-order chi connectivity index (χ0) is 17.1. The van der Waals surface area contributed by atoms with Gasteiger partial charge in [-0.1, -0.05) is 0 Å². The van der Waals surface area contributed by atoms with E-state index in [0.717, 1.165) is 12.1 Å². The molecule has 2 aromatic rings. The molecule has 0 bridgehead atoms. The Morgan fingerprint density at radius 3 is 3.00 bits per heavy atom. The zero-order valence-electron chi connectivity index (χ0n) is 13.6. The number of anilines is 1. The highest BCUT2D eigenvalue weighted by atomic mass is 16.5. The highest BCUT2D eigenvalue weighted by Gasteiger charge is 2.31. The van der Waals surface area contributed by atoms with Gasteiger partial charge in [0.1, 0.15) is 6.10 Å². The van der Waals surface area contributed by atoms with Gasteiger partial charge in [-0.2, -0.15) is 5.10 Å². The summed E-state index contributed by atoms with van der Waals surface area (Å²) in [5.74, 6) is 0.154. The Morgan fingerprint density at radius 2 is 2.25 bits per heavy atom. The molecule has 3 rings (SSSR count). The summed E-state index contributed by atoms with van der Waals surface area (Å²) in [5, 5.41) is 9.42. The molecule has 9 nitrogen and oxygen atoms in total. The van der Waals surface area contributed by atoms with Gasteiger partial charge in [0.05, 0.1) is 5.69 Å². The van der Waals surface area contributed by atoms with Gasteiger partial charge >= 0.3 is 6.03 Å². The Bertz CT molecular complexity index is 784. The first-order chi connectivity index (χ1) is 11.6. The molecule has 3 heterocycles. The van der Waals surface area contributed by atoms with Gasteiger partial charge in [-0.15, -0.1) is 0 Å². The molecule has 0 aromatic carbocycles. The average Bonchev–Trinajstić information content (AvgIpc) is 3.18. The molecule has 0 saturated carbocycles. The molecule has 128 valence electrons. The molecule has 24 heavy (non-hydrogen) atoms. The minimum Gasteiger partial charge on any atom is -0.372 e. The molecule has 0 aliphatic carbocycles. The highest BCUT2D eigenvalue weighted by molar-refractivity contribution is 5.87. The van der Waals surface area contributed by atoms with Crippen LogP contribution in [0.15, 0.2) is 29.5 Å². The fraction of sp³-hybridized carbons (Fsp3) is 0.467. The summed E-state index contributed by atoms with van der Waals surface area (Å²) in [4.78, 5) is 27.7. The maximum absolute atomic E-state index is 12.0. The molecule has 0 spiro atoms. The fourth-order valence-corrected chi connectivity index (χ4v) is 2.79. The number of carbonyl (C=O) groups is 1. The van der Waals surface area contributed by atoms with Crippen molar-refractivity contribution in [3.05, 3.63) is 40.7 Å². The maximum Gasteiger partial charge on any atom is 0.320 e. The van der Waals surface area contributed by atoms with Gasteiger partial charge in [-0.25, -0.2) is 9.78 Å². The summed E-state index contributed by atoms with van der Waals surface area (Å²) in [6.45, 7) is 1.08. The summed E-state index contributed by atoms with van der Waals surface area (Å²) >= 11 is 0. The van der Waals surface area contributed by atoms with E-state index < -0.39 is 6.03 Å². The van der Waals surface area contributed by atoms with Crippen LogP contribution in [0.25, 0.3) is 0 Å². The standard InChI is InChI=1S/C15H20N6O3/c1-20-7-6-16-13(14(20)22)19-15(23)17-9-10-4-8-24-12(10)11-3-5-18-21(11)2/h3,5-7,10,12H,4,8-9H2,1-2H3,(H2,16,17,19,23)/t10-,12+/m0/s1. The van der Waals surface area contributed by atoms with E-state index in [1.807, 2.05) is 13.1 Å². The van der Waals surface area contributed by atoms with Gasteiger partial charge in [0.25, 0.3) is 5.56 Å². The Morgan fingerprint density at radius 1 is 1.42 bits per heavy atom. The van der Waals surface area contributed by atoms with Gasteiger partial charge in [0.2, 0.25) is 5.82 Å². The predicted octanol–water partition coefficient (Wildman–Crippen LogP) is 0.413. The first-order valence-electron chi connectivity index (χ1n) is 7.72. The van der Waals surface area contributed by atoms with E-state index in [1.165, 1.54) is 17.0 Å². The van der Waals surface area contributed by atoms with Gasteiger partial charge in [0, 0.05) is 51.8 Å². The second-order valence-corrected chi connectivity index (χ2v) is 5.75.